The van der Waals surface area contributed by atoms with Crippen molar-refractivity contribution in [1.29, 1.82) is 5.26 Å². The van der Waals surface area contributed by atoms with Crippen LogP contribution >= 0.6 is 0 Å². The normalized spacial score (nSPS) is 10.3. The van der Waals surface area contributed by atoms with Gasteiger partial charge < -0.3 is 18.9 Å². The largest absolute Gasteiger partial charge is 0.466 e. The number of aromatic nitrogens is 2. The summed E-state index contributed by atoms with van der Waals surface area (Å²) in [6.07, 6.45) is -0.242. The third-order valence-corrected chi connectivity index (χ3v) is 3.71. The molecular weight excluding hydrogens is 364 g/mol. The fourth-order valence-electron chi connectivity index (χ4n) is 2.44. The quantitative estimate of drug-likeness (QED) is 0.645. The maximum Gasteiger partial charge on any atom is 0.338 e. The van der Waals surface area contributed by atoms with Crippen LogP contribution in [0.1, 0.15) is 34.2 Å². The van der Waals surface area contributed by atoms with Crippen molar-refractivity contribution in [2.24, 2.45) is 0 Å². The summed E-state index contributed by atoms with van der Waals surface area (Å²) in [4.78, 5) is 23.5. The van der Waals surface area contributed by atoms with Gasteiger partial charge in [0.1, 0.15) is 17.9 Å². The average Bonchev–Trinajstić information content (AvgIpc) is 3.26. The van der Waals surface area contributed by atoms with Crippen molar-refractivity contribution in [2.45, 2.75) is 26.9 Å². The van der Waals surface area contributed by atoms with Crippen LogP contribution in [-0.2, 0) is 16.1 Å². The number of nitrogens with one attached hydrogen (secondary N) is 1. The molecule has 0 radical (unpaired) electrons. The minimum atomic E-state index is -0.579. The van der Waals surface area contributed by atoms with Gasteiger partial charge in [-0.05, 0) is 44.2 Å². The number of esters is 1. The smallest absolute Gasteiger partial charge is 0.338 e. The SMILES string of the molecule is Cc1cc(-c2nnc(COC(=O)c3ccc(NC(=O)CC#N)cc3)o2)c(C)o1. The van der Waals surface area contributed by atoms with Gasteiger partial charge in [0.25, 0.3) is 11.8 Å². The second-order valence-corrected chi connectivity index (χ2v) is 5.86. The van der Waals surface area contributed by atoms with E-state index >= 15 is 0 Å². The van der Waals surface area contributed by atoms with Crippen LogP contribution in [0.15, 0.2) is 39.2 Å². The number of carbonyl (C=O) groups is 2. The van der Waals surface area contributed by atoms with E-state index in [4.69, 9.17) is 18.8 Å². The third kappa shape index (κ3) is 4.42. The predicted molar refractivity (Wildman–Crippen MR) is 95.9 cm³/mol. The number of nitrogens with zero attached hydrogens (tertiary/aromatic N) is 3. The summed E-state index contributed by atoms with van der Waals surface area (Å²) in [5.41, 5.74) is 1.46. The maximum atomic E-state index is 12.1. The molecule has 0 saturated carbocycles. The lowest BCUT2D eigenvalue weighted by Gasteiger charge is -2.05. The molecule has 142 valence electrons. The van der Waals surface area contributed by atoms with Gasteiger partial charge in [-0.15, -0.1) is 10.2 Å². The number of hydrogen-bond donors (Lipinski definition) is 1. The molecule has 0 saturated heterocycles. The number of furan rings is 1. The van der Waals surface area contributed by atoms with Gasteiger partial charge in [-0.25, -0.2) is 4.79 Å². The van der Waals surface area contributed by atoms with Crippen molar-refractivity contribution in [3.8, 4) is 17.5 Å². The second kappa shape index (κ2) is 8.18. The molecule has 3 rings (SSSR count). The molecule has 9 nitrogen and oxygen atoms in total. The number of nitriles is 1. The van der Waals surface area contributed by atoms with Crippen LogP contribution in [0.3, 0.4) is 0 Å². The standard InChI is InChI=1S/C19H16N4O5/c1-11-9-15(12(2)27-11)18-23-22-17(28-18)10-26-19(25)13-3-5-14(6-4-13)21-16(24)7-8-20/h3-6,9H,7,10H2,1-2H3,(H,21,24). The van der Waals surface area contributed by atoms with Gasteiger partial charge in [0.15, 0.2) is 6.61 Å². The molecule has 1 amide bonds. The lowest BCUT2D eigenvalue weighted by atomic mass is 10.2. The van der Waals surface area contributed by atoms with Crippen LogP contribution in [0.25, 0.3) is 11.5 Å². The molecule has 0 bridgehead atoms. The number of anilines is 1. The zero-order valence-electron chi connectivity index (χ0n) is 15.2. The Bertz CT molecular complexity index is 1040. The van der Waals surface area contributed by atoms with E-state index < -0.39 is 11.9 Å². The van der Waals surface area contributed by atoms with Gasteiger partial charge in [-0.3, -0.25) is 4.79 Å². The first kappa shape index (κ1) is 18.8. The summed E-state index contributed by atoms with van der Waals surface area (Å²) < 4.78 is 16.1. The minimum Gasteiger partial charge on any atom is -0.466 e. The molecule has 3 aromatic rings. The Kier molecular flexibility index (Phi) is 5.50. The number of benzene rings is 1. The lowest BCUT2D eigenvalue weighted by Crippen LogP contribution is -2.10. The molecule has 0 unspecified atom stereocenters. The van der Waals surface area contributed by atoms with E-state index in [0.717, 1.165) is 5.76 Å². The van der Waals surface area contributed by atoms with Gasteiger partial charge >= 0.3 is 5.97 Å². The van der Waals surface area contributed by atoms with Crippen LogP contribution in [-0.4, -0.2) is 22.1 Å². The van der Waals surface area contributed by atoms with Crippen LogP contribution in [0.4, 0.5) is 5.69 Å². The van der Waals surface area contributed by atoms with Gasteiger partial charge in [0.05, 0.1) is 17.2 Å². The highest BCUT2D eigenvalue weighted by atomic mass is 16.5. The summed E-state index contributed by atoms with van der Waals surface area (Å²) in [6.45, 7) is 3.43. The Morgan fingerprint density at radius 2 is 1.93 bits per heavy atom. The molecule has 0 aliphatic carbocycles. The topological polar surface area (TPSA) is 131 Å². The van der Waals surface area contributed by atoms with Crippen molar-refractivity contribution in [3.05, 3.63) is 53.3 Å². The first-order valence-corrected chi connectivity index (χ1v) is 8.30. The highest BCUT2D eigenvalue weighted by molar-refractivity contribution is 5.93. The molecule has 0 atom stereocenters. The monoisotopic (exact) mass is 380 g/mol. The zero-order valence-corrected chi connectivity index (χ0v) is 15.2. The molecule has 2 heterocycles. The summed E-state index contributed by atoms with van der Waals surface area (Å²) in [6, 6.07) is 9.63. The highest BCUT2D eigenvalue weighted by Crippen LogP contribution is 2.25. The van der Waals surface area contributed by atoms with Gasteiger partial charge in [-0.2, -0.15) is 5.26 Å². The molecule has 0 aliphatic heterocycles. The van der Waals surface area contributed by atoms with Crippen molar-refractivity contribution in [2.75, 3.05) is 5.32 Å². The van der Waals surface area contributed by atoms with E-state index in [9.17, 15) is 9.59 Å². The Balaban J connectivity index is 1.58. The van der Waals surface area contributed by atoms with Crippen molar-refractivity contribution >= 4 is 17.6 Å². The lowest BCUT2D eigenvalue weighted by molar-refractivity contribution is -0.115. The summed E-state index contributed by atoms with van der Waals surface area (Å²) in [7, 11) is 0. The summed E-state index contributed by atoms with van der Waals surface area (Å²) in [5, 5.41) is 18.8. The van der Waals surface area contributed by atoms with Gasteiger partial charge in [0.2, 0.25) is 5.91 Å². The van der Waals surface area contributed by atoms with Crippen molar-refractivity contribution in [3.63, 3.8) is 0 Å². The number of rotatable bonds is 6. The van der Waals surface area contributed by atoms with E-state index in [1.807, 2.05) is 6.92 Å². The second-order valence-electron chi connectivity index (χ2n) is 5.86. The van der Waals surface area contributed by atoms with E-state index in [0.29, 0.717) is 22.6 Å². The Labute approximate surface area is 159 Å². The molecule has 0 aliphatic rings. The number of ether oxygens (including phenoxy) is 1. The number of amides is 1. The molecular formula is C19H16N4O5. The van der Waals surface area contributed by atoms with Crippen molar-refractivity contribution in [1.82, 2.24) is 10.2 Å². The number of carbonyl (C=O) groups excluding carboxylic acids is 2. The fraction of sp³-hybridized carbons (Fsp3) is 0.211. The Morgan fingerprint density at radius 3 is 2.57 bits per heavy atom. The Morgan fingerprint density at radius 1 is 1.18 bits per heavy atom. The number of aryl methyl sites for hydroxylation is 2. The van der Waals surface area contributed by atoms with E-state index in [2.05, 4.69) is 15.5 Å². The van der Waals surface area contributed by atoms with Crippen LogP contribution in [0, 0.1) is 25.2 Å². The molecule has 0 spiro atoms. The van der Waals surface area contributed by atoms with Gasteiger partial charge in [-0.1, -0.05) is 0 Å². The molecule has 0 fully saturated rings. The minimum absolute atomic E-state index is 0.155. The number of hydrogen-bond acceptors (Lipinski definition) is 8. The first-order valence-electron chi connectivity index (χ1n) is 8.30. The molecule has 1 aromatic carbocycles. The van der Waals surface area contributed by atoms with Gasteiger partial charge in [0, 0.05) is 5.69 Å². The average molecular weight is 380 g/mol. The van der Waals surface area contributed by atoms with Crippen LogP contribution in [0.5, 0.6) is 0 Å². The van der Waals surface area contributed by atoms with E-state index in [-0.39, 0.29) is 24.8 Å². The Hall–Kier alpha value is -3.93. The molecule has 1 N–H and O–H groups in total. The highest BCUT2D eigenvalue weighted by Gasteiger charge is 2.16. The predicted octanol–water partition coefficient (Wildman–Crippen LogP) is 3.16. The fourth-order valence-corrected chi connectivity index (χ4v) is 2.44. The maximum absolute atomic E-state index is 12.1. The summed E-state index contributed by atoms with van der Waals surface area (Å²) in [5.74, 6) is 0.829. The molecule has 9 heteroatoms. The van der Waals surface area contributed by atoms with E-state index in [1.165, 1.54) is 12.1 Å². The zero-order chi connectivity index (χ0) is 20.1. The summed E-state index contributed by atoms with van der Waals surface area (Å²) >= 11 is 0. The third-order valence-electron chi connectivity index (χ3n) is 3.71. The first-order chi connectivity index (χ1) is 13.5. The van der Waals surface area contributed by atoms with Crippen LogP contribution in [0.2, 0.25) is 0 Å². The molecule has 28 heavy (non-hydrogen) atoms. The molecule has 2 aromatic heterocycles. The van der Waals surface area contributed by atoms with E-state index in [1.54, 1.807) is 31.2 Å². The van der Waals surface area contributed by atoms with Crippen molar-refractivity contribution < 1.29 is 23.2 Å². The van der Waals surface area contributed by atoms with Crippen LogP contribution < -0.4 is 5.32 Å².